The summed E-state index contributed by atoms with van der Waals surface area (Å²) >= 11 is 0. The lowest BCUT2D eigenvalue weighted by Gasteiger charge is -2.35. The summed E-state index contributed by atoms with van der Waals surface area (Å²) in [5.74, 6) is -0.495. The molecule has 1 rings (SSSR count). The topological polar surface area (TPSA) is 99.2 Å². The molecule has 1 fully saturated rings. The summed E-state index contributed by atoms with van der Waals surface area (Å²) in [7, 11) is 1.69. The van der Waals surface area contributed by atoms with Crippen molar-refractivity contribution in [2.24, 2.45) is 22.7 Å². The number of oxime groups is 1. The molecule has 1 saturated carbocycles. The molecule has 0 aliphatic heterocycles. The van der Waals surface area contributed by atoms with Crippen molar-refractivity contribution in [3.8, 4) is 0 Å². The fourth-order valence-electron chi connectivity index (χ4n) is 1.87. The highest BCUT2D eigenvalue weighted by atomic mass is 16.4. The molecule has 1 aliphatic rings. The zero-order chi connectivity index (χ0) is 12.3. The second kappa shape index (κ2) is 5.16. The first-order valence-electron chi connectivity index (χ1n) is 5.36. The van der Waals surface area contributed by atoms with E-state index in [1.54, 1.807) is 18.9 Å². The highest BCUT2D eigenvalue weighted by molar-refractivity contribution is 6.01. The van der Waals surface area contributed by atoms with Crippen LogP contribution in [0.1, 0.15) is 19.8 Å². The molecule has 6 heteroatoms. The number of hydrogen-bond donors (Lipinski definition) is 3. The standard InChI is InChI=1S/C10H19N3O3/c1-6(9(11)12-16)10(15)13(2)5-7-3-8(14)4-7/h6-8,14,16H,3-5H2,1-2H3,(H2,11,12). The zero-order valence-corrected chi connectivity index (χ0v) is 9.63. The summed E-state index contributed by atoms with van der Waals surface area (Å²) in [4.78, 5) is 13.4. The molecule has 92 valence electrons. The fraction of sp³-hybridized carbons (Fsp3) is 0.800. The molecule has 1 atom stereocenters. The van der Waals surface area contributed by atoms with Gasteiger partial charge in [0.15, 0.2) is 5.84 Å². The van der Waals surface area contributed by atoms with E-state index in [1.807, 2.05) is 0 Å². The number of rotatable bonds is 4. The summed E-state index contributed by atoms with van der Waals surface area (Å²) in [6.07, 6.45) is 1.28. The van der Waals surface area contributed by atoms with Crippen LogP contribution >= 0.6 is 0 Å². The monoisotopic (exact) mass is 229 g/mol. The Hall–Kier alpha value is -1.30. The van der Waals surface area contributed by atoms with E-state index in [4.69, 9.17) is 16.0 Å². The molecule has 0 heterocycles. The van der Waals surface area contributed by atoms with Crippen molar-refractivity contribution in [3.63, 3.8) is 0 Å². The maximum Gasteiger partial charge on any atom is 0.232 e. The minimum atomic E-state index is -0.611. The molecular weight excluding hydrogens is 210 g/mol. The van der Waals surface area contributed by atoms with Gasteiger partial charge in [0.2, 0.25) is 5.91 Å². The van der Waals surface area contributed by atoms with Gasteiger partial charge in [0.05, 0.1) is 12.0 Å². The third-order valence-electron chi connectivity index (χ3n) is 3.05. The van der Waals surface area contributed by atoms with E-state index in [9.17, 15) is 4.79 Å². The van der Waals surface area contributed by atoms with Gasteiger partial charge < -0.3 is 20.9 Å². The van der Waals surface area contributed by atoms with Crippen LogP contribution in [0.3, 0.4) is 0 Å². The van der Waals surface area contributed by atoms with Crippen LogP contribution in [0, 0.1) is 11.8 Å². The number of nitrogens with zero attached hydrogens (tertiary/aromatic N) is 2. The van der Waals surface area contributed by atoms with Crippen LogP contribution in [0.2, 0.25) is 0 Å². The Morgan fingerprint density at radius 1 is 1.62 bits per heavy atom. The van der Waals surface area contributed by atoms with Gasteiger partial charge in [-0.3, -0.25) is 4.79 Å². The molecule has 0 saturated heterocycles. The lowest BCUT2D eigenvalue weighted by molar-refractivity contribution is -0.133. The highest BCUT2D eigenvalue weighted by Gasteiger charge is 2.30. The molecule has 0 aromatic heterocycles. The van der Waals surface area contributed by atoms with E-state index in [0.717, 1.165) is 12.8 Å². The Labute approximate surface area is 94.7 Å². The average Bonchev–Trinajstić information content (AvgIpc) is 2.23. The molecule has 0 aromatic rings. The molecule has 1 aliphatic carbocycles. The van der Waals surface area contributed by atoms with Crippen molar-refractivity contribution < 1.29 is 15.1 Å². The smallest absolute Gasteiger partial charge is 0.232 e. The Kier molecular flexibility index (Phi) is 4.12. The van der Waals surface area contributed by atoms with Gasteiger partial charge in [-0.15, -0.1) is 0 Å². The van der Waals surface area contributed by atoms with Crippen LogP contribution in [0.4, 0.5) is 0 Å². The van der Waals surface area contributed by atoms with E-state index in [1.165, 1.54) is 0 Å². The van der Waals surface area contributed by atoms with Gasteiger partial charge in [-0.05, 0) is 25.7 Å². The predicted octanol–water partition coefficient (Wildman–Crippen LogP) is -0.402. The van der Waals surface area contributed by atoms with Crippen LogP contribution in [-0.4, -0.2) is 46.7 Å². The van der Waals surface area contributed by atoms with Crippen molar-refractivity contribution in [2.45, 2.75) is 25.9 Å². The quantitative estimate of drug-likeness (QED) is 0.264. The number of amides is 1. The van der Waals surface area contributed by atoms with Crippen molar-refractivity contribution in [2.75, 3.05) is 13.6 Å². The van der Waals surface area contributed by atoms with Gasteiger partial charge in [0, 0.05) is 13.6 Å². The first kappa shape index (κ1) is 12.8. The van der Waals surface area contributed by atoms with E-state index >= 15 is 0 Å². The van der Waals surface area contributed by atoms with Crippen LogP contribution in [0.5, 0.6) is 0 Å². The molecule has 16 heavy (non-hydrogen) atoms. The Morgan fingerprint density at radius 2 is 2.19 bits per heavy atom. The van der Waals surface area contributed by atoms with E-state index in [0.29, 0.717) is 12.5 Å². The number of hydrogen-bond acceptors (Lipinski definition) is 4. The first-order valence-corrected chi connectivity index (χ1v) is 5.36. The fourth-order valence-corrected chi connectivity index (χ4v) is 1.87. The molecule has 1 amide bonds. The van der Waals surface area contributed by atoms with Crippen molar-refractivity contribution in [3.05, 3.63) is 0 Å². The van der Waals surface area contributed by atoms with Gasteiger partial charge in [0.25, 0.3) is 0 Å². The third kappa shape index (κ3) is 2.85. The number of amidine groups is 1. The lowest BCUT2D eigenvalue weighted by Crippen LogP contribution is -2.43. The van der Waals surface area contributed by atoms with Gasteiger partial charge in [-0.1, -0.05) is 5.16 Å². The maximum atomic E-state index is 11.8. The van der Waals surface area contributed by atoms with Gasteiger partial charge in [-0.2, -0.15) is 0 Å². The Bertz CT molecular complexity index is 287. The summed E-state index contributed by atoms with van der Waals surface area (Å²) in [6.45, 7) is 2.21. The predicted molar refractivity (Wildman–Crippen MR) is 58.9 cm³/mol. The normalized spacial score (nSPS) is 27.1. The second-order valence-corrected chi connectivity index (χ2v) is 4.46. The first-order chi connectivity index (χ1) is 7.45. The van der Waals surface area contributed by atoms with Gasteiger partial charge in [-0.25, -0.2) is 0 Å². The highest BCUT2D eigenvalue weighted by Crippen LogP contribution is 2.27. The number of nitrogens with two attached hydrogens (primary N) is 1. The van der Waals surface area contributed by atoms with Crippen LogP contribution in [0.25, 0.3) is 0 Å². The van der Waals surface area contributed by atoms with Crippen LogP contribution in [0.15, 0.2) is 5.16 Å². The summed E-state index contributed by atoms with van der Waals surface area (Å²) in [6, 6.07) is 0. The van der Waals surface area contributed by atoms with Gasteiger partial charge in [0.1, 0.15) is 0 Å². The maximum absolute atomic E-state index is 11.8. The zero-order valence-electron chi connectivity index (χ0n) is 9.63. The van der Waals surface area contributed by atoms with E-state index in [-0.39, 0.29) is 17.8 Å². The largest absolute Gasteiger partial charge is 0.409 e. The summed E-state index contributed by atoms with van der Waals surface area (Å²) < 4.78 is 0. The molecule has 4 N–H and O–H groups in total. The number of aliphatic hydroxyl groups is 1. The Morgan fingerprint density at radius 3 is 2.62 bits per heavy atom. The number of aliphatic hydroxyl groups excluding tert-OH is 1. The molecular formula is C10H19N3O3. The molecule has 6 nitrogen and oxygen atoms in total. The molecule has 0 radical (unpaired) electrons. The minimum absolute atomic E-state index is 0.0782. The second-order valence-electron chi connectivity index (χ2n) is 4.46. The van der Waals surface area contributed by atoms with E-state index < -0.39 is 5.92 Å². The average molecular weight is 229 g/mol. The third-order valence-corrected chi connectivity index (χ3v) is 3.05. The minimum Gasteiger partial charge on any atom is -0.409 e. The van der Waals surface area contributed by atoms with E-state index in [2.05, 4.69) is 5.16 Å². The number of carbonyl (C=O) groups excluding carboxylic acids is 1. The lowest BCUT2D eigenvalue weighted by atomic mass is 9.82. The molecule has 0 bridgehead atoms. The van der Waals surface area contributed by atoms with Crippen molar-refractivity contribution in [1.29, 1.82) is 0 Å². The number of carbonyl (C=O) groups is 1. The summed E-state index contributed by atoms with van der Waals surface area (Å²) in [5, 5.41) is 20.4. The van der Waals surface area contributed by atoms with Crippen LogP contribution < -0.4 is 5.73 Å². The van der Waals surface area contributed by atoms with Crippen molar-refractivity contribution in [1.82, 2.24) is 4.90 Å². The SMILES string of the molecule is CC(C(=O)N(C)CC1CC(O)C1)C(N)=NO. The van der Waals surface area contributed by atoms with Gasteiger partial charge >= 0.3 is 0 Å². The summed E-state index contributed by atoms with van der Waals surface area (Å²) in [5.41, 5.74) is 5.37. The Balaban J connectivity index is 2.41. The van der Waals surface area contributed by atoms with Crippen LogP contribution in [-0.2, 0) is 4.79 Å². The van der Waals surface area contributed by atoms with Crippen molar-refractivity contribution >= 4 is 11.7 Å². The molecule has 0 spiro atoms. The molecule has 0 aromatic carbocycles. The molecule has 1 unspecified atom stereocenters.